The van der Waals surface area contributed by atoms with E-state index >= 15 is 0 Å². The number of rotatable bonds is 6. The predicted molar refractivity (Wildman–Crippen MR) is 66.2 cm³/mol. The summed E-state index contributed by atoms with van der Waals surface area (Å²) in [5, 5.41) is 8.62. The molecule has 0 heterocycles. The first kappa shape index (κ1) is 13.9. The Balaban J connectivity index is 2.56. The molecule has 0 bridgehead atoms. The zero-order valence-corrected chi connectivity index (χ0v) is 10.5. The molecule has 1 N–H and O–H groups in total. The van der Waals surface area contributed by atoms with Crippen molar-refractivity contribution in [3.05, 3.63) is 35.4 Å². The SMILES string of the molecule is COC(=O)c1ccc(CS(=O)CCCO)cc1. The van der Waals surface area contributed by atoms with Crippen molar-refractivity contribution < 1.29 is 18.8 Å². The van der Waals surface area contributed by atoms with E-state index in [9.17, 15) is 9.00 Å². The highest BCUT2D eigenvalue weighted by molar-refractivity contribution is 7.84. The van der Waals surface area contributed by atoms with Gasteiger partial charge in [-0.25, -0.2) is 4.79 Å². The van der Waals surface area contributed by atoms with E-state index in [0.29, 0.717) is 23.5 Å². The third-order valence-electron chi connectivity index (χ3n) is 2.23. The fourth-order valence-electron chi connectivity index (χ4n) is 1.34. The van der Waals surface area contributed by atoms with Gasteiger partial charge in [0.25, 0.3) is 0 Å². The Labute approximate surface area is 103 Å². The summed E-state index contributed by atoms with van der Waals surface area (Å²) in [5.74, 6) is 0.564. The molecular formula is C12H16O4S. The summed E-state index contributed by atoms with van der Waals surface area (Å²) in [5.41, 5.74) is 1.39. The Morgan fingerprint density at radius 3 is 2.53 bits per heavy atom. The molecule has 5 heteroatoms. The summed E-state index contributed by atoms with van der Waals surface area (Å²) < 4.78 is 16.1. The van der Waals surface area contributed by atoms with E-state index in [1.807, 2.05) is 0 Å². The minimum absolute atomic E-state index is 0.0625. The second-order valence-electron chi connectivity index (χ2n) is 3.55. The second-order valence-corrected chi connectivity index (χ2v) is 5.13. The highest BCUT2D eigenvalue weighted by Gasteiger charge is 2.06. The number of carbonyl (C=O) groups is 1. The molecule has 0 saturated carbocycles. The smallest absolute Gasteiger partial charge is 0.337 e. The number of aliphatic hydroxyl groups is 1. The Morgan fingerprint density at radius 2 is 2.00 bits per heavy atom. The molecule has 0 saturated heterocycles. The summed E-state index contributed by atoms with van der Waals surface area (Å²) >= 11 is 0. The molecule has 0 fully saturated rings. The average molecular weight is 256 g/mol. The van der Waals surface area contributed by atoms with E-state index in [4.69, 9.17) is 5.11 Å². The number of hydrogen-bond donors (Lipinski definition) is 1. The first-order chi connectivity index (χ1) is 8.17. The van der Waals surface area contributed by atoms with Crippen molar-refractivity contribution >= 4 is 16.8 Å². The van der Waals surface area contributed by atoms with E-state index in [-0.39, 0.29) is 12.6 Å². The van der Waals surface area contributed by atoms with Crippen LogP contribution in [0.5, 0.6) is 0 Å². The van der Waals surface area contributed by atoms with E-state index in [1.165, 1.54) is 7.11 Å². The molecule has 1 atom stereocenters. The summed E-state index contributed by atoms with van der Waals surface area (Å²) in [6.07, 6.45) is 0.548. The molecule has 0 aromatic heterocycles. The molecule has 0 amide bonds. The Morgan fingerprint density at radius 1 is 1.35 bits per heavy atom. The lowest BCUT2D eigenvalue weighted by Gasteiger charge is -2.03. The van der Waals surface area contributed by atoms with Gasteiger partial charge in [-0.15, -0.1) is 0 Å². The minimum atomic E-state index is -0.966. The normalized spacial score (nSPS) is 12.1. The van der Waals surface area contributed by atoms with Gasteiger partial charge in [0, 0.05) is 28.9 Å². The van der Waals surface area contributed by atoms with Crippen molar-refractivity contribution in [3.63, 3.8) is 0 Å². The third-order valence-corrected chi connectivity index (χ3v) is 3.63. The van der Waals surface area contributed by atoms with Crippen LogP contribution >= 0.6 is 0 Å². The van der Waals surface area contributed by atoms with E-state index < -0.39 is 10.8 Å². The van der Waals surface area contributed by atoms with Crippen LogP contribution in [0.2, 0.25) is 0 Å². The predicted octanol–water partition coefficient (Wildman–Crippen LogP) is 1.10. The average Bonchev–Trinajstić information content (AvgIpc) is 2.36. The van der Waals surface area contributed by atoms with Gasteiger partial charge >= 0.3 is 5.97 Å². The molecule has 1 aromatic carbocycles. The Bertz CT molecular complexity index is 386. The van der Waals surface area contributed by atoms with Gasteiger partial charge in [0.2, 0.25) is 0 Å². The van der Waals surface area contributed by atoms with E-state index in [0.717, 1.165) is 5.56 Å². The van der Waals surface area contributed by atoms with Gasteiger partial charge in [-0.1, -0.05) is 12.1 Å². The van der Waals surface area contributed by atoms with Crippen LogP contribution in [0, 0.1) is 0 Å². The van der Waals surface area contributed by atoms with Crippen LogP contribution in [0.3, 0.4) is 0 Å². The van der Waals surface area contributed by atoms with Gasteiger partial charge in [0.05, 0.1) is 12.7 Å². The number of carbonyl (C=O) groups excluding carboxylic acids is 1. The largest absolute Gasteiger partial charge is 0.465 e. The number of ether oxygens (including phenoxy) is 1. The molecule has 0 radical (unpaired) electrons. The quantitative estimate of drug-likeness (QED) is 0.774. The van der Waals surface area contributed by atoms with Gasteiger partial charge in [-0.2, -0.15) is 0 Å². The highest BCUT2D eigenvalue weighted by atomic mass is 32.2. The van der Waals surface area contributed by atoms with Crippen molar-refractivity contribution in [2.24, 2.45) is 0 Å². The summed E-state index contributed by atoms with van der Waals surface area (Å²) in [7, 11) is 0.367. The maximum absolute atomic E-state index is 11.6. The maximum atomic E-state index is 11.6. The second kappa shape index (κ2) is 7.19. The highest BCUT2D eigenvalue weighted by Crippen LogP contribution is 2.08. The maximum Gasteiger partial charge on any atom is 0.337 e. The van der Waals surface area contributed by atoms with Crippen molar-refractivity contribution in [1.82, 2.24) is 0 Å². The molecule has 0 aliphatic rings. The molecule has 0 aliphatic carbocycles. The lowest BCUT2D eigenvalue weighted by molar-refractivity contribution is 0.0600. The number of aliphatic hydroxyl groups excluding tert-OH is 1. The first-order valence-corrected chi connectivity index (χ1v) is 6.79. The van der Waals surface area contributed by atoms with Gasteiger partial charge in [-0.05, 0) is 24.1 Å². The van der Waals surface area contributed by atoms with Gasteiger partial charge in [0.15, 0.2) is 0 Å². The molecule has 0 spiro atoms. The zero-order valence-electron chi connectivity index (χ0n) is 9.72. The molecule has 0 aliphatic heterocycles. The lowest BCUT2D eigenvalue weighted by atomic mass is 10.1. The summed E-state index contributed by atoms with van der Waals surface area (Å²) in [6, 6.07) is 6.85. The monoisotopic (exact) mass is 256 g/mol. The zero-order chi connectivity index (χ0) is 12.7. The third kappa shape index (κ3) is 4.66. The van der Waals surface area contributed by atoms with Crippen LogP contribution in [-0.2, 0) is 21.3 Å². The van der Waals surface area contributed by atoms with E-state index in [1.54, 1.807) is 24.3 Å². The standard InChI is InChI=1S/C12H16O4S/c1-16-12(14)11-5-3-10(4-6-11)9-17(15)8-2-7-13/h3-6,13H,2,7-9H2,1H3. The van der Waals surface area contributed by atoms with Crippen LogP contribution in [0.25, 0.3) is 0 Å². The first-order valence-electron chi connectivity index (χ1n) is 5.30. The summed E-state index contributed by atoms with van der Waals surface area (Å²) in [4.78, 5) is 11.2. The lowest BCUT2D eigenvalue weighted by Crippen LogP contribution is -2.04. The fourth-order valence-corrected chi connectivity index (χ4v) is 2.50. The van der Waals surface area contributed by atoms with Crippen LogP contribution in [0.1, 0.15) is 22.3 Å². The number of esters is 1. The molecule has 1 unspecified atom stereocenters. The number of benzene rings is 1. The van der Waals surface area contributed by atoms with Gasteiger partial charge in [0.1, 0.15) is 0 Å². The molecule has 94 valence electrons. The molecule has 1 aromatic rings. The van der Waals surface area contributed by atoms with Crippen LogP contribution in [0.4, 0.5) is 0 Å². The van der Waals surface area contributed by atoms with Crippen LogP contribution < -0.4 is 0 Å². The Kier molecular flexibility index (Phi) is 5.86. The van der Waals surface area contributed by atoms with Crippen LogP contribution in [0.15, 0.2) is 24.3 Å². The fraction of sp³-hybridized carbons (Fsp3) is 0.417. The molecule has 17 heavy (non-hydrogen) atoms. The molecular weight excluding hydrogens is 240 g/mol. The molecule has 4 nitrogen and oxygen atoms in total. The minimum Gasteiger partial charge on any atom is -0.465 e. The number of methoxy groups -OCH3 is 1. The summed E-state index contributed by atoms with van der Waals surface area (Å²) in [6.45, 7) is 0.0625. The molecule has 1 rings (SSSR count). The van der Waals surface area contributed by atoms with Gasteiger partial charge in [-0.3, -0.25) is 4.21 Å². The number of hydrogen-bond acceptors (Lipinski definition) is 4. The topological polar surface area (TPSA) is 63.6 Å². The van der Waals surface area contributed by atoms with Crippen LogP contribution in [-0.4, -0.2) is 34.8 Å². The van der Waals surface area contributed by atoms with Crippen molar-refractivity contribution in [2.75, 3.05) is 19.5 Å². The van der Waals surface area contributed by atoms with E-state index in [2.05, 4.69) is 4.74 Å². The Hall–Kier alpha value is -1.20. The van der Waals surface area contributed by atoms with Crippen molar-refractivity contribution in [3.8, 4) is 0 Å². The van der Waals surface area contributed by atoms with Crippen molar-refractivity contribution in [2.45, 2.75) is 12.2 Å². The van der Waals surface area contributed by atoms with Gasteiger partial charge < -0.3 is 9.84 Å². The van der Waals surface area contributed by atoms with Crippen molar-refractivity contribution in [1.29, 1.82) is 0 Å².